The molecule has 0 aromatic heterocycles. The first-order valence-corrected chi connectivity index (χ1v) is 11.5. The highest BCUT2D eigenvalue weighted by Gasteiger charge is 2.38. The van der Waals surface area contributed by atoms with Gasteiger partial charge in [0.2, 0.25) is 5.91 Å². The molecule has 3 atom stereocenters. The van der Waals surface area contributed by atoms with Crippen molar-refractivity contribution in [3.8, 4) is 0 Å². The second-order valence-corrected chi connectivity index (χ2v) is 7.98. The molecule has 11 nitrogen and oxygen atoms in total. The molecule has 188 valence electrons. The molecule has 0 bridgehead atoms. The molecule has 1 fully saturated rings. The van der Waals surface area contributed by atoms with Gasteiger partial charge in [-0.25, -0.2) is 4.79 Å². The normalized spacial score (nSPS) is 17.0. The van der Waals surface area contributed by atoms with E-state index in [0.29, 0.717) is 32.2 Å². The average molecular weight is 480 g/mol. The van der Waals surface area contributed by atoms with Crippen LogP contribution in [0, 0.1) is 10.1 Å². The third-order valence-electron chi connectivity index (χ3n) is 5.49. The van der Waals surface area contributed by atoms with Crippen LogP contribution in [0.4, 0.5) is 0 Å². The Morgan fingerprint density at radius 3 is 2.62 bits per heavy atom. The third kappa shape index (κ3) is 8.62. The maximum atomic E-state index is 13.1. The van der Waals surface area contributed by atoms with Crippen molar-refractivity contribution in [2.24, 2.45) is 0 Å². The molecule has 1 amide bonds. The summed E-state index contributed by atoms with van der Waals surface area (Å²) in [6.07, 6.45) is 2.39. The van der Waals surface area contributed by atoms with Gasteiger partial charge in [-0.2, -0.15) is 0 Å². The van der Waals surface area contributed by atoms with E-state index in [1.54, 1.807) is 13.8 Å². The van der Waals surface area contributed by atoms with Gasteiger partial charge in [0.1, 0.15) is 12.1 Å². The second-order valence-electron chi connectivity index (χ2n) is 7.98. The van der Waals surface area contributed by atoms with E-state index < -0.39 is 35.2 Å². The minimum atomic E-state index is -0.906. The third-order valence-corrected chi connectivity index (χ3v) is 5.49. The van der Waals surface area contributed by atoms with Crippen LogP contribution in [0.25, 0.3) is 0 Å². The van der Waals surface area contributed by atoms with Crippen LogP contribution in [0.3, 0.4) is 0 Å². The first-order chi connectivity index (χ1) is 16.3. The number of rotatable bonds is 14. The molecule has 1 saturated heterocycles. The van der Waals surface area contributed by atoms with E-state index in [1.807, 2.05) is 30.3 Å². The lowest BCUT2D eigenvalue weighted by Gasteiger charge is -2.28. The Bertz CT molecular complexity index is 820. The number of nitrogens with zero attached hydrogens (tertiary/aromatic N) is 2. The highest BCUT2D eigenvalue weighted by atomic mass is 16.9. The molecule has 34 heavy (non-hydrogen) atoms. The Hall–Kier alpha value is -3.21. The fraction of sp³-hybridized carbons (Fsp3) is 0.609. The van der Waals surface area contributed by atoms with Crippen LogP contribution < -0.4 is 5.32 Å². The molecule has 0 unspecified atom stereocenters. The Kier molecular flexibility index (Phi) is 11.2. The molecule has 1 heterocycles. The predicted octanol–water partition coefficient (Wildman–Crippen LogP) is 1.66. The van der Waals surface area contributed by atoms with Gasteiger partial charge in [-0.05, 0) is 45.1 Å². The van der Waals surface area contributed by atoms with Crippen LogP contribution in [0.1, 0.15) is 45.1 Å². The van der Waals surface area contributed by atoms with Crippen molar-refractivity contribution >= 4 is 17.8 Å². The molecule has 1 N–H and O–H groups in total. The number of esters is 2. The Labute approximate surface area is 198 Å². The SMILES string of the molecule is CCOC(=O)[C@H](CCc1ccccc1)N[C@@H](C)C(=O)N1CCC[C@H]1C(=O)OCCCO[N+](=O)[O-]. The minimum Gasteiger partial charge on any atom is -0.465 e. The van der Waals surface area contributed by atoms with E-state index in [1.165, 1.54) is 4.90 Å². The van der Waals surface area contributed by atoms with E-state index >= 15 is 0 Å². The van der Waals surface area contributed by atoms with E-state index in [2.05, 4.69) is 10.2 Å². The van der Waals surface area contributed by atoms with Gasteiger partial charge in [-0.3, -0.25) is 14.9 Å². The molecule has 0 aliphatic carbocycles. The van der Waals surface area contributed by atoms with Gasteiger partial charge in [0.25, 0.3) is 5.09 Å². The molecule has 0 radical (unpaired) electrons. The monoisotopic (exact) mass is 479 g/mol. The molecular formula is C23H33N3O8. The molecule has 1 aromatic carbocycles. The highest BCUT2D eigenvalue weighted by Crippen LogP contribution is 2.20. The number of benzene rings is 1. The van der Waals surface area contributed by atoms with E-state index in [9.17, 15) is 24.5 Å². The summed E-state index contributed by atoms with van der Waals surface area (Å²) in [5, 5.41) is 12.3. The summed E-state index contributed by atoms with van der Waals surface area (Å²) in [5.41, 5.74) is 1.07. The molecule has 1 aromatic rings. The lowest BCUT2D eigenvalue weighted by atomic mass is 10.0. The summed E-state index contributed by atoms with van der Waals surface area (Å²) < 4.78 is 10.4. The fourth-order valence-electron chi connectivity index (χ4n) is 3.83. The van der Waals surface area contributed by atoms with Crippen molar-refractivity contribution in [2.45, 2.75) is 64.1 Å². The summed E-state index contributed by atoms with van der Waals surface area (Å²) in [5.74, 6) is -1.28. The fourth-order valence-corrected chi connectivity index (χ4v) is 3.83. The predicted molar refractivity (Wildman–Crippen MR) is 121 cm³/mol. The molecule has 1 aliphatic heterocycles. The van der Waals surface area contributed by atoms with Gasteiger partial charge >= 0.3 is 11.9 Å². The average Bonchev–Trinajstić information content (AvgIpc) is 3.31. The van der Waals surface area contributed by atoms with E-state index in [0.717, 1.165) is 5.56 Å². The molecule has 0 saturated carbocycles. The largest absolute Gasteiger partial charge is 0.465 e. The van der Waals surface area contributed by atoms with Gasteiger partial charge in [0.15, 0.2) is 0 Å². The van der Waals surface area contributed by atoms with Crippen LogP contribution in [-0.2, 0) is 35.1 Å². The minimum absolute atomic E-state index is 0.0383. The zero-order valence-electron chi connectivity index (χ0n) is 19.6. The topological polar surface area (TPSA) is 137 Å². The van der Waals surface area contributed by atoms with Crippen LogP contribution >= 0.6 is 0 Å². The van der Waals surface area contributed by atoms with Crippen molar-refractivity contribution in [2.75, 3.05) is 26.4 Å². The lowest BCUT2D eigenvalue weighted by Crippen LogP contribution is -2.53. The Morgan fingerprint density at radius 2 is 1.94 bits per heavy atom. The zero-order chi connectivity index (χ0) is 24.9. The van der Waals surface area contributed by atoms with Gasteiger partial charge in [-0.15, -0.1) is 10.1 Å². The van der Waals surface area contributed by atoms with Gasteiger partial charge < -0.3 is 19.2 Å². The van der Waals surface area contributed by atoms with E-state index in [-0.39, 0.29) is 32.1 Å². The number of nitrogens with one attached hydrogen (secondary N) is 1. The number of aryl methyl sites for hydroxylation is 1. The molecule has 11 heteroatoms. The molecule has 0 spiro atoms. The molecular weight excluding hydrogens is 446 g/mol. The number of carbonyl (C=O) groups is 3. The number of ether oxygens (including phenoxy) is 2. The highest BCUT2D eigenvalue weighted by molar-refractivity contribution is 5.88. The van der Waals surface area contributed by atoms with Crippen molar-refractivity contribution in [1.29, 1.82) is 0 Å². The molecule has 1 aliphatic rings. The summed E-state index contributed by atoms with van der Waals surface area (Å²) in [6.45, 7) is 3.81. The van der Waals surface area contributed by atoms with E-state index in [4.69, 9.17) is 9.47 Å². The summed E-state index contributed by atoms with van der Waals surface area (Å²) in [4.78, 5) is 53.9. The van der Waals surface area contributed by atoms with Crippen molar-refractivity contribution in [3.05, 3.63) is 46.0 Å². The molecule has 2 rings (SSSR count). The van der Waals surface area contributed by atoms with Gasteiger partial charge in [0, 0.05) is 13.0 Å². The number of hydrogen-bond acceptors (Lipinski definition) is 9. The number of hydrogen-bond donors (Lipinski definition) is 1. The van der Waals surface area contributed by atoms with Crippen molar-refractivity contribution < 1.29 is 33.8 Å². The number of carbonyl (C=O) groups excluding carboxylic acids is 3. The first kappa shape index (κ1) is 27.0. The summed E-state index contributed by atoms with van der Waals surface area (Å²) >= 11 is 0. The van der Waals surface area contributed by atoms with Gasteiger partial charge in [-0.1, -0.05) is 30.3 Å². The van der Waals surface area contributed by atoms with Crippen LogP contribution in [0.15, 0.2) is 30.3 Å². The van der Waals surface area contributed by atoms with Crippen LogP contribution in [0.5, 0.6) is 0 Å². The standard InChI is InChI=1S/C23H33N3O8/c1-3-32-22(28)19(13-12-18-9-5-4-6-10-18)24-17(2)21(27)25-14-7-11-20(25)23(29)33-15-8-16-34-26(30)31/h4-6,9-10,17,19-20,24H,3,7-8,11-16H2,1-2H3/t17-,19-,20-/m0/s1. The summed E-state index contributed by atoms with van der Waals surface area (Å²) in [6, 6.07) is 7.61. The maximum absolute atomic E-state index is 13.1. The van der Waals surface area contributed by atoms with Crippen molar-refractivity contribution in [1.82, 2.24) is 10.2 Å². The Morgan fingerprint density at radius 1 is 1.21 bits per heavy atom. The number of amides is 1. The van der Waals surface area contributed by atoms with Crippen molar-refractivity contribution in [3.63, 3.8) is 0 Å². The smallest absolute Gasteiger partial charge is 0.328 e. The zero-order valence-corrected chi connectivity index (χ0v) is 19.6. The lowest BCUT2D eigenvalue weighted by molar-refractivity contribution is -0.757. The first-order valence-electron chi connectivity index (χ1n) is 11.5. The second kappa shape index (κ2) is 14.1. The van der Waals surface area contributed by atoms with Crippen LogP contribution in [-0.4, -0.2) is 72.3 Å². The van der Waals surface area contributed by atoms with Crippen LogP contribution in [0.2, 0.25) is 0 Å². The van der Waals surface area contributed by atoms with Gasteiger partial charge in [0.05, 0.1) is 25.9 Å². The number of likely N-dealkylation sites (tertiary alicyclic amines) is 1. The quantitative estimate of drug-likeness (QED) is 0.183. The summed E-state index contributed by atoms with van der Waals surface area (Å²) in [7, 11) is 0. The Balaban J connectivity index is 1.92. The maximum Gasteiger partial charge on any atom is 0.328 e.